The lowest BCUT2D eigenvalue weighted by atomic mass is 10.0. The molecule has 1 aromatic carbocycles. The predicted octanol–water partition coefficient (Wildman–Crippen LogP) is 2.68. The van der Waals surface area contributed by atoms with Gasteiger partial charge in [-0.25, -0.2) is 4.39 Å². The summed E-state index contributed by atoms with van der Waals surface area (Å²) in [6.45, 7) is 0.541. The lowest BCUT2D eigenvalue weighted by Gasteiger charge is -2.23. The van der Waals surface area contributed by atoms with Crippen LogP contribution in [-0.2, 0) is 0 Å². The fourth-order valence-corrected chi connectivity index (χ4v) is 1.72. The maximum atomic E-state index is 12.9. The van der Waals surface area contributed by atoms with E-state index in [1.807, 2.05) is 0 Å². The van der Waals surface area contributed by atoms with Crippen molar-refractivity contribution in [3.8, 4) is 5.75 Å². The molecule has 0 unspecified atom stereocenters. The molecular weight excluding hydrogens is 228 g/mol. The van der Waals surface area contributed by atoms with E-state index >= 15 is 0 Å². The van der Waals surface area contributed by atoms with Crippen LogP contribution in [0.4, 0.5) is 4.39 Å². The van der Waals surface area contributed by atoms with E-state index in [0.717, 1.165) is 0 Å². The molecule has 0 fully saturated rings. The number of halogens is 3. The predicted molar refractivity (Wildman–Crippen MR) is 55.7 cm³/mol. The van der Waals surface area contributed by atoms with Crippen LogP contribution in [0.2, 0.25) is 5.02 Å². The first-order valence-corrected chi connectivity index (χ1v) is 4.43. The van der Waals surface area contributed by atoms with E-state index in [-0.39, 0.29) is 24.3 Å². The summed E-state index contributed by atoms with van der Waals surface area (Å²) in [4.78, 5) is 0. The molecule has 0 aliphatic carbocycles. The lowest BCUT2D eigenvalue weighted by Crippen LogP contribution is -2.20. The van der Waals surface area contributed by atoms with Crippen LogP contribution in [0, 0.1) is 5.82 Å². The number of benzene rings is 1. The Morgan fingerprint density at radius 1 is 1.50 bits per heavy atom. The third kappa shape index (κ3) is 1.95. The van der Waals surface area contributed by atoms with Gasteiger partial charge in [-0.1, -0.05) is 11.6 Å². The fourth-order valence-electron chi connectivity index (χ4n) is 1.45. The summed E-state index contributed by atoms with van der Waals surface area (Å²) in [5, 5.41) is 0.296. The first kappa shape index (κ1) is 11.6. The molecule has 0 spiro atoms. The highest BCUT2D eigenvalue weighted by Gasteiger charge is 2.21. The molecule has 0 saturated heterocycles. The molecule has 1 aromatic rings. The highest BCUT2D eigenvalue weighted by molar-refractivity contribution is 6.32. The van der Waals surface area contributed by atoms with Crippen molar-refractivity contribution in [2.45, 2.75) is 12.5 Å². The van der Waals surface area contributed by atoms with Crippen LogP contribution in [0.3, 0.4) is 0 Å². The Labute approximate surface area is 92.6 Å². The van der Waals surface area contributed by atoms with Crippen LogP contribution < -0.4 is 10.5 Å². The van der Waals surface area contributed by atoms with Gasteiger partial charge in [0.1, 0.15) is 11.6 Å². The van der Waals surface area contributed by atoms with E-state index in [9.17, 15) is 4.39 Å². The van der Waals surface area contributed by atoms with Gasteiger partial charge in [0.15, 0.2) is 0 Å². The maximum Gasteiger partial charge on any atom is 0.142 e. The molecule has 0 bridgehead atoms. The number of nitrogens with two attached hydrogens (primary N) is 1. The highest BCUT2D eigenvalue weighted by atomic mass is 35.5. The van der Waals surface area contributed by atoms with Crippen molar-refractivity contribution in [2.75, 3.05) is 6.61 Å². The summed E-state index contributed by atoms with van der Waals surface area (Å²) >= 11 is 5.79. The standard InChI is InChI=1S/C9H9ClFNO.ClH/c10-7-4-5(11)3-6-8(12)1-2-13-9(6)7;/h3-4,8H,1-2,12H2;1H/t8-;/m0./s1. The van der Waals surface area contributed by atoms with Gasteiger partial charge < -0.3 is 10.5 Å². The van der Waals surface area contributed by atoms with Crippen LogP contribution in [0.25, 0.3) is 0 Å². The van der Waals surface area contributed by atoms with Crippen molar-refractivity contribution in [1.29, 1.82) is 0 Å². The second kappa shape index (κ2) is 4.34. The minimum atomic E-state index is -0.371. The smallest absolute Gasteiger partial charge is 0.142 e. The monoisotopic (exact) mass is 237 g/mol. The Balaban J connectivity index is 0.000000980. The quantitative estimate of drug-likeness (QED) is 0.754. The molecule has 2 nitrogen and oxygen atoms in total. The summed E-state index contributed by atoms with van der Waals surface area (Å²) in [5.74, 6) is 0.159. The fraction of sp³-hybridized carbons (Fsp3) is 0.333. The molecule has 0 radical (unpaired) electrons. The topological polar surface area (TPSA) is 35.2 Å². The first-order chi connectivity index (χ1) is 6.18. The van der Waals surface area contributed by atoms with Crippen LogP contribution in [0.15, 0.2) is 12.1 Å². The number of hydrogen-bond donors (Lipinski definition) is 1. The van der Waals surface area contributed by atoms with Crippen LogP contribution in [-0.4, -0.2) is 6.61 Å². The summed E-state index contributed by atoms with van der Waals surface area (Å²) in [5.41, 5.74) is 6.44. The molecule has 78 valence electrons. The number of rotatable bonds is 0. The van der Waals surface area contributed by atoms with Gasteiger partial charge in [-0.05, 0) is 12.1 Å². The van der Waals surface area contributed by atoms with Gasteiger partial charge in [0.2, 0.25) is 0 Å². The molecule has 1 aliphatic heterocycles. The third-order valence-corrected chi connectivity index (χ3v) is 2.39. The van der Waals surface area contributed by atoms with Crippen molar-refractivity contribution in [2.24, 2.45) is 5.73 Å². The molecule has 0 saturated carbocycles. The molecule has 0 aromatic heterocycles. The second-order valence-electron chi connectivity index (χ2n) is 3.05. The average molecular weight is 238 g/mol. The van der Waals surface area contributed by atoms with Gasteiger partial charge in [-0.2, -0.15) is 0 Å². The van der Waals surface area contributed by atoms with E-state index in [2.05, 4.69) is 0 Å². The van der Waals surface area contributed by atoms with E-state index in [0.29, 0.717) is 29.4 Å². The summed E-state index contributed by atoms with van der Waals surface area (Å²) < 4.78 is 18.2. The van der Waals surface area contributed by atoms with Crippen molar-refractivity contribution in [3.63, 3.8) is 0 Å². The number of fused-ring (bicyclic) bond motifs is 1. The maximum absolute atomic E-state index is 12.9. The van der Waals surface area contributed by atoms with Crippen molar-refractivity contribution in [3.05, 3.63) is 28.5 Å². The zero-order valence-electron chi connectivity index (χ0n) is 7.30. The van der Waals surface area contributed by atoms with E-state index < -0.39 is 0 Å². The van der Waals surface area contributed by atoms with Gasteiger partial charge in [-0.15, -0.1) is 12.4 Å². The molecule has 14 heavy (non-hydrogen) atoms. The molecular formula is C9H10Cl2FNO. The third-order valence-electron chi connectivity index (χ3n) is 2.11. The normalized spacial score (nSPS) is 19.2. The van der Waals surface area contributed by atoms with E-state index in [4.69, 9.17) is 22.1 Å². The molecule has 5 heteroatoms. The van der Waals surface area contributed by atoms with Crippen molar-refractivity contribution >= 4 is 24.0 Å². The van der Waals surface area contributed by atoms with E-state index in [1.165, 1.54) is 12.1 Å². The van der Waals surface area contributed by atoms with Crippen LogP contribution >= 0.6 is 24.0 Å². The second-order valence-corrected chi connectivity index (χ2v) is 3.46. The lowest BCUT2D eigenvalue weighted by molar-refractivity contribution is 0.268. The van der Waals surface area contributed by atoms with Gasteiger partial charge >= 0.3 is 0 Å². The van der Waals surface area contributed by atoms with Crippen LogP contribution in [0.1, 0.15) is 18.0 Å². The number of hydrogen-bond acceptors (Lipinski definition) is 2. The summed E-state index contributed by atoms with van der Waals surface area (Å²) in [7, 11) is 0. The van der Waals surface area contributed by atoms with Gasteiger partial charge in [0, 0.05) is 18.0 Å². The SMILES string of the molecule is Cl.N[C@H]1CCOc2c(Cl)cc(F)cc21. The Morgan fingerprint density at radius 3 is 2.93 bits per heavy atom. The molecule has 2 N–H and O–H groups in total. The molecule has 2 rings (SSSR count). The van der Waals surface area contributed by atoms with Gasteiger partial charge in [0.05, 0.1) is 11.6 Å². The Morgan fingerprint density at radius 2 is 2.21 bits per heavy atom. The number of ether oxygens (including phenoxy) is 1. The van der Waals surface area contributed by atoms with Crippen molar-refractivity contribution in [1.82, 2.24) is 0 Å². The zero-order chi connectivity index (χ0) is 9.42. The minimum absolute atomic E-state index is 0. The Bertz CT molecular complexity index is 346. The highest BCUT2D eigenvalue weighted by Crippen LogP contribution is 2.37. The minimum Gasteiger partial charge on any atom is -0.492 e. The van der Waals surface area contributed by atoms with E-state index in [1.54, 1.807) is 0 Å². The zero-order valence-corrected chi connectivity index (χ0v) is 8.87. The molecule has 1 aliphatic rings. The van der Waals surface area contributed by atoms with Crippen molar-refractivity contribution < 1.29 is 9.13 Å². The van der Waals surface area contributed by atoms with Gasteiger partial charge in [-0.3, -0.25) is 0 Å². The summed E-state index contributed by atoms with van der Waals surface area (Å²) in [6.07, 6.45) is 0.701. The Hall–Kier alpha value is -0.510. The largest absolute Gasteiger partial charge is 0.492 e. The Kier molecular flexibility index (Phi) is 3.59. The molecule has 0 amide bonds. The van der Waals surface area contributed by atoms with Crippen LogP contribution in [0.5, 0.6) is 5.75 Å². The first-order valence-electron chi connectivity index (χ1n) is 4.06. The molecule has 1 atom stereocenters. The molecule has 1 heterocycles. The summed E-state index contributed by atoms with van der Waals surface area (Å²) in [6, 6.07) is 2.45. The van der Waals surface area contributed by atoms with Gasteiger partial charge in [0.25, 0.3) is 0 Å². The average Bonchev–Trinajstić information content (AvgIpc) is 2.07.